The van der Waals surface area contributed by atoms with Crippen LogP contribution < -0.4 is 19.9 Å². The number of imidazole rings is 1. The largest absolute Gasteiger partial charge is 0.489 e. The first-order chi connectivity index (χ1) is 15.0. The van der Waals surface area contributed by atoms with E-state index in [1.54, 1.807) is 6.92 Å². The average molecular weight is 424 g/mol. The molecule has 0 spiro atoms. The van der Waals surface area contributed by atoms with Crippen LogP contribution in [0.25, 0.3) is 11.3 Å². The number of fused-ring (bicyclic) bond motifs is 1. The van der Waals surface area contributed by atoms with Gasteiger partial charge in [-0.15, -0.1) is 0 Å². The van der Waals surface area contributed by atoms with Gasteiger partial charge in [-0.25, -0.2) is 4.98 Å². The van der Waals surface area contributed by atoms with Gasteiger partial charge in [-0.3, -0.25) is 4.79 Å². The van der Waals surface area contributed by atoms with Gasteiger partial charge in [0.15, 0.2) is 0 Å². The van der Waals surface area contributed by atoms with E-state index >= 15 is 0 Å². The summed E-state index contributed by atoms with van der Waals surface area (Å²) in [6, 6.07) is 4.40. The fourth-order valence-corrected chi connectivity index (χ4v) is 5.02. The quantitative estimate of drug-likeness (QED) is 0.819. The zero-order valence-corrected chi connectivity index (χ0v) is 18.9. The summed E-state index contributed by atoms with van der Waals surface area (Å²) in [5.74, 6) is 2.03. The predicted molar refractivity (Wildman–Crippen MR) is 123 cm³/mol. The van der Waals surface area contributed by atoms with Gasteiger partial charge in [0, 0.05) is 63.5 Å². The van der Waals surface area contributed by atoms with Crippen LogP contribution in [0, 0.1) is 0 Å². The van der Waals surface area contributed by atoms with Gasteiger partial charge in [0.05, 0.1) is 17.5 Å². The van der Waals surface area contributed by atoms with E-state index in [1.165, 1.54) is 6.42 Å². The monoisotopic (exact) mass is 423 g/mol. The van der Waals surface area contributed by atoms with Crippen LogP contribution in [-0.4, -0.2) is 53.8 Å². The maximum Gasteiger partial charge on any atom is 0.224 e. The molecule has 31 heavy (non-hydrogen) atoms. The summed E-state index contributed by atoms with van der Waals surface area (Å²) in [7, 11) is 2.07. The normalized spacial score (nSPS) is 21.6. The first kappa shape index (κ1) is 20.4. The molecule has 1 saturated heterocycles. The second kappa shape index (κ2) is 8.19. The van der Waals surface area contributed by atoms with Crippen LogP contribution in [0.3, 0.4) is 0 Å². The number of anilines is 2. The summed E-state index contributed by atoms with van der Waals surface area (Å²) in [5, 5.41) is 3.41. The van der Waals surface area contributed by atoms with Gasteiger partial charge in [-0.2, -0.15) is 0 Å². The maximum absolute atomic E-state index is 12.4. The number of hydrogen-bond donors (Lipinski definition) is 1. The Bertz CT molecular complexity index is 975. The summed E-state index contributed by atoms with van der Waals surface area (Å²) in [4.78, 5) is 21.7. The Labute approximate surface area is 184 Å². The third-order valence-electron chi connectivity index (χ3n) is 6.95. The van der Waals surface area contributed by atoms with E-state index in [4.69, 9.17) is 9.72 Å². The van der Waals surface area contributed by atoms with Crippen LogP contribution >= 0.6 is 0 Å². The zero-order chi connectivity index (χ0) is 21.5. The van der Waals surface area contributed by atoms with Gasteiger partial charge in [-0.05, 0) is 51.2 Å². The molecule has 1 aromatic carbocycles. The number of rotatable bonds is 4. The standard InChI is InChI=1S/C24H33N5O2/c1-16-7-8-20-22(29(16)17(2)30)10-9-19(23(20)31-18-5-4-6-18)21-15-27(3)24(26-21)28-13-11-25-12-14-28/h9-10,15-16,18,25H,4-8,11-14H2,1-3H3/t16-/m0/s1. The summed E-state index contributed by atoms with van der Waals surface area (Å²) in [6.07, 6.45) is 7.68. The van der Waals surface area contributed by atoms with E-state index in [9.17, 15) is 4.79 Å². The van der Waals surface area contributed by atoms with Crippen molar-refractivity contribution in [1.82, 2.24) is 14.9 Å². The number of nitrogens with zero attached hydrogens (tertiary/aromatic N) is 4. The Kier molecular flexibility index (Phi) is 5.38. The highest BCUT2D eigenvalue weighted by Gasteiger charge is 2.32. The van der Waals surface area contributed by atoms with Gasteiger partial charge >= 0.3 is 0 Å². The molecule has 3 aliphatic rings. The molecule has 0 bridgehead atoms. The molecule has 1 N–H and O–H groups in total. The Morgan fingerprint density at radius 1 is 1.19 bits per heavy atom. The van der Waals surface area contributed by atoms with Gasteiger partial charge in [-0.1, -0.05) is 0 Å². The molecule has 1 amide bonds. The van der Waals surface area contributed by atoms with E-state index < -0.39 is 0 Å². The molecule has 1 aromatic heterocycles. The number of aromatic nitrogens is 2. The predicted octanol–water partition coefficient (Wildman–Crippen LogP) is 3.12. The van der Waals surface area contributed by atoms with Crippen molar-refractivity contribution < 1.29 is 9.53 Å². The smallest absolute Gasteiger partial charge is 0.224 e. The summed E-state index contributed by atoms with van der Waals surface area (Å²) in [5.41, 5.74) is 4.15. The fourth-order valence-electron chi connectivity index (χ4n) is 5.02. The van der Waals surface area contributed by atoms with Gasteiger partial charge in [0.1, 0.15) is 5.75 Å². The Morgan fingerprint density at radius 3 is 2.65 bits per heavy atom. The molecule has 1 saturated carbocycles. The number of carbonyl (C=O) groups is 1. The van der Waals surface area contributed by atoms with Gasteiger partial charge in [0.2, 0.25) is 11.9 Å². The topological polar surface area (TPSA) is 62.6 Å². The Hall–Kier alpha value is -2.54. The molecule has 1 atom stereocenters. The highest BCUT2D eigenvalue weighted by molar-refractivity contribution is 5.95. The van der Waals surface area contributed by atoms with Crippen molar-refractivity contribution >= 4 is 17.5 Å². The molecule has 3 heterocycles. The summed E-state index contributed by atoms with van der Waals surface area (Å²) in [6.45, 7) is 7.68. The van der Waals surface area contributed by atoms with Crippen molar-refractivity contribution in [3.63, 3.8) is 0 Å². The zero-order valence-electron chi connectivity index (χ0n) is 18.9. The lowest BCUT2D eigenvalue weighted by Gasteiger charge is -2.37. The van der Waals surface area contributed by atoms with E-state index in [1.807, 2.05) is 4.90 Å². The number of aryl methyl sites for hydroxylation is 1. The van der Waals surface area contributed by atoms with Crippen LogP contribution in [-0.2, 0) is 18.3 Å². The molecule has 1 aliphatic carbocycles. The first-order valence-electron chi connectivity index (χ1n) is 11.6. The van der Waals surface area contributed by atoms with E-state index in [-0.39, 0.29) is 18.1 Å². The van der Waals surface area contributed by atoms with Crippen molar-refractivity contribution in [2.24, 2.45) is 7.05 Å². The molecular formula is C24H33N5O2. The molecular weight excluding hydrogens is 390 g/mol. The minimum atomic E-state index is 0.0922. The molecule has 7 heteroatoms. The van der Waals surface area contributed by atoms with E-state index in [2.05, 4.69) is 47.1 Å². The van der Waals surface area contributed by atoms with Crippen LogP contribution in [0.1, 0.15) is 45.1 Å². The number of hydrogen-bond acceptors (Lipinski definition) is 5. The highest BCUT2D eigenvalue weighted by atomic mass is 16.5. The van der Waals surface area contributed by atoms with Crippen molar-refractivity contribution in [3.05, 3.63) is 23.9 Å². The summed E-state index contributed by atoms with van der Waals surface area (Å²) >= 11 is 0. The second-order valence-electron chi connectivity index (χ2n) is 9.16. The maximum atomic E-state index is 12.4. The van der Waals surface area contributed by atoms with Crippen molar-refractivity contribution in [3.8, 4) is 17.0 Å². The molecule has 0 unspecified atom stereocenters. The molecule has 2 fully saturated rings. The Morgan fingerprint density at radius 2 is 1.97 bits per heavy atom. The first-order valence-corrected chi connectivity index (χ1v) is 11.6. The van der Waals surface area contributed by atoms with E-state index in [0.717, 1.165) is 86.1 Å². The third kappa shape index (κ3) is 3.69. The van der Waals surface area contributed by atoms with Crippen LogP contribution in [0.4, 0.5) is 11.6 Å². The fraction of sp³-hybridized carbons (Fsp3) is 0.583. The lowest BCUT2D eigenvalue weighted by Crippen LogP contribution is -2.44. The molecule has 5 rings (SSSR count). The minimum Gasteiger partial charge on any atom is -0.489 e. The molecule has 2 aromatic rings. The number of nitrogens with one attached hydrogen (secondary N) is 1. The molecule has 2 aliphatic heterocycles. The van der Waals surface area contributed by atoms with Gasteiger partial charge in [0.25, 0.3) is 0 Å². The molecule has 166 valence electrons. The molecule has 0 radical (unpaired) electrons. The van der Waals surface area contributed by atoms with Gasteiger partial charge < -0.3 is 24.4 Å². The minimum absolute atomic E-state index is 0.0922. The van der Waals surface area contributed by atoms with Crippen LogP contribution in [0.5, 0.6) is 5.75 Å². The molecule has 7 nitrogen and oxygen atoms in total. The highest BCUT2D eigenvalue weighted by Crippen LogP contribution is 2.44. The van der Waals surface area contributed by atoms with Crippen LogP contribution in [0.15, 0.2) is 18.3 Å². The second-order valence-corrected chi connectivity index (χ2v) is 9.16. The average Bonchev–Trinajstić information content (AvgIpc) is 3.12. The SMILES string of the molecule is CC(=O)N1c2ccc(-c3cn(C)c(N4CCNCC4)n3)c(OC3CCC3)c2CC[C@@H]1C. The van der Waals surface area contributed by atoms with E-state index in [0.29, 0.717) is 0 Å². The Balaban J connectivity index is 1.58. The number of ether oxygens (including phenoxy) is 1. The number of piperazine rings is 1. The van der Waals surface area contributed by atoms with Crippen LogP contribution in [0.2, 0.25) is 0 Å². The number of benzene rings is 1. The van der Waals surface area contributed by atoms with Crippen molar-refractivity contribution in [2.75, 3.05) is 36.0 Å². The number of amides is 1. The van der Waals surface area contributed by atoms with Crippen molar-refractivity contribution in [1.29, 1.82) is 0 Å². The summed E-state index contributed by atoms with van der Waals surface area (Å²) < 4.78 is 8.70. The third-order valence-corrected chi connectivity index (χ3v) is 6.95. The lowest BCUT2D eigenvalue weighted by atomic mass is 9.91. The van der Waals surface area contributed by atoms with Crippen molar-refractivity contribution in [2.45, 2.75) is 58.1 Å². The number of carbonyl (C=O) groups excluding carboxylic acids is 1. The lowest BCUT2D eigenvalue weighted by molar-refractivity contribution is -0.117.